The van der Waals surface area contributed by atoms with E-state index in [4.69, 9.17) is 0 Å². The van der Waals surface area contributed by atoms with E-state index in [-0.39, 0.29) is 0 Å². The Kier molecular flexibility index (Phi) is 3.34. The summed E-state index contributed by atoms with van der Waals surface area (Å²) in [5, 5.41) is 0. The lowest BCUT2D eigenvalue weighted by molar-refractivity contribution is 0.771. The van der Waals surface area contributed by atoms with Gasteiger partial charge in [-0.05, 0) is 42.4 Å². The Morgan fingerprint density at radius 1 is 1.00 bits per heavy atom. The third kappa shape index (κ3) is 2.85. The first-order valence-corrected chi connectivity index (χ1v) is 9.94. The molecule has 0 amide bonds. The van der Waals surface area contributed by atoms with Crippen molar-refractivity contribution in [2.45, 2.75) is 45.3 Å². The zero-order valence-corrected chi connectivity index (χ0v) is 11.7. The number of hydrogen-bond donors (Lipinski definition) is 0. The van der Waals surface area contributed by atoms with E-state index in [1.807, 2.05) is 0 Å². The molecule has 0 heterocycles. The molecule has 0 bridgehead atoms. The molecule has 86 valence electrons. The van der Waals surface area contributed by atoms with Crippen LogP contribution in [0.1, 0.15) is 30.4 Å². The van der Waals surface area contributed by atoms with Crippen LogP contribution in [0.25, 0.3) is 5.57 Å². The number of aryl methyl sites for hydroxylation is 1. The molecule has 1 aromatic rings. The lowest BCUT2D eigenvalue weighted by atomic mass is 10.00. The molecular formula is C15H22Si. The van der Waals surface area contributed by atoms with Crippen LogP contribution in [0.5, 0.6) is 0 Å². The first kappa shape index (κ1) is 11.7. The minimum Gasteiger partial charge on any atom is -0.0913 e. The van der Waals surface area contributed by atoms with E-state index < -0.39 is 8.07 Å². The topological polar surface area (TPSA) is 0 Å². The van der Waals surface area contributed by atoms with Crippen molar-refractivity contribution in [1.29, 1.82) is 0 Å². The van der Waals surface area contributed by atoms with Gasteiger partial charge in [-0.1, -0.05) is 49.6 Å². The van der Waals surface area contributed by atoms with Gasteiger partial charge in [-0.15, -0.1) is 0 Å². The summed E-state index contributed by atoms with van der Waals surface area (Å²) in [6.45, 7) is 7.27. The van der Waals surface area contributed by atoms with Gasteiger partial charge < -0.3 is 0 Å². The highest BCUT2D eigenvalue weighted by atomic mass is 28.3. The fourth-order valence-corrected chi connectivity index (χ4v) is 3.83. The van der Waals surface area contributed by atoms with E-state index in [9.17, 15) is 0 Å². The van der Waals surface area contributed by atoms with Gasteiger partial charge in [-0.2, -0.15) is 0 Å². The summed E-state index contributed by atoms with van der Waals surface area (Å²) in [6.07, 6.45) is 5.24. The summed E-state index contributed by atoms with van der Waals surface area (Å²) in [5.41, 5.74) is 7.30. The van der Waals surface area contributed by atoms with Gasteiger partial charge in [0.25, 0.3) is 0 Å². The van der Waals surface area contributed by atoms with Gasteiger partial charge in [0.1, 0.15) is 0 Å². The third-order valence-electron chi connectivity index (χ3n) is 3.11. The van der Waals surface area contributed by atoms with Gasteiger partial charge in [0.05, 0.1) is 8.07 Å². The maximum absolute atomic E-state index is 2.59. The van der Waals surface area contributed by atoms with Gasteiger partial charge in [0.2, 0.25) is 0 Å². The molecule has 1 aliphatic carbocycles. The first-order chi connectivity index (χ1) is 7.56. The molecule has 0 radical (unpaired) electrons. The van der Waals surface area contributed by atoms with E-state index in [1.54, 1.807) is 11.1 Å². The number of fused-ring (bicyclic) bond motifs is 1. The summed E-state index contributed by atoms with van der Waals surface area (Å²) in [6, 6.07) is 8.98. The van der Waals surface area contributed by atoms with Crippen LogP contribution in [0, 0.1) is 0 Å². The number of allylic oxidation sites excluding steroid dienone is 1. The van der Waals surface area contributed by atoms with Gasteiger partial charge >= 0.3 is 0 Å². The Labute approximate surface area is 100 Å². The predicted molar refractivity (Wildman–Crippen MR) is 75.3 cm³/mol. The Balaban J connectivity index is 2.44. The van der Waals surface area contributed by atoms with Crippen molar-refractivity contribution in [3.8, 4) is 0 Å². The van der Waals surface area contributed by atoms with Crippen molar-refractivity contribution in [3.63, 3.8) is 0 Å². The average Bonchev–Trinajstić information content (AvgIpc) is 2.39. The number of benzene rings is 1. The monoisotopic (exact) mass is 230 g/mol. The molecule has 16 heavy (non-hydrogen) atoms. The molecule has 0 saturated heterocycles. The van der Waals surface area contributed by atoms with Gasteiger partial charge in [-0.25, -0.2) is 0 Å². The average molecular weight is 230 g/mol. The quantitative estimate of drug-likeness (QED) is 0.485. The zero-order valence-electron chi connectivity index (χ0n) is 10.7. The summed E-state index contributed by atoms with van der Waals surface area (Å²) in [4.78, 5) is 0. The number of rotatable bonds is 1. The second kappa shape index (κ2) is 4.58. The smallest absolute Gasteiger partial charge is 0.0690 e. The van der Waals surface area contributed by atoms with Gasteiger partial charge in [0.15, 0.2) is 0 Å². The lowest BCUT2D eigenvalue weighted by Crippen LogP contribution is -2.16. The Hall–Kier alpha value is -0.823. The molecule has 0 fully saturated rings. The summed E-state index contributed by atoms with van der Waals surface area (Å²) in [5.74, 6) is 0. The van der Waals surface area contributed by atoms with Crippen molar-refractivity contribution in [2.75, 3.05) is 0 Å². The summed E-state index contributed by atoms with van der Waals surface area (Å²) in [7, 11) is -1.10. The zero-order chi connectivity index (χ0) is 11.6. The van der Waals surface area contributed by atoms with Crippen LogP contribution in [-0.4, -0.2) is 8.07 Å². The minimum absolute atomic E-state index is 1.10. The van der Waals surface area contributed by atoms with Crippen LogP contribution in [0.15, 0.2) is 30.0 Å². The van der Waals surface area contributed by atoms with Crippen LogP contribution >= 0.6 is 0 Å². The first-order valence-electron chi connectivity index (χ1n) is 6.36. The van der Waals surface area contributed by atoms with Crippen LogP contribution in [0.4, 0.5) is 0 Å². The fourth-order valence-electron chi connectivity index (χ4n) is 2.49. The standard InChI is InChI=1S/C15H22Si/c1-16(2,3)12-14-10-5-4-8-13-9-6-7-11-15(13)14/h6-7,9,11-12H,4-5,8,10H2,1-3H3/b14-12+. The van der Waals surface area contributed by atoms with E-state index >= 15 is 0 Å². The molecule has 1 aromatic carbocycles. The molecule has 2 rings (SSSR count). The maximum Gasteiger partial charge on any atom is 0.0690 e. The predicted octanol–water partition coefficient (Wildman–Crippen LogP) is 4.67. The molecule has 0 atom stereocenters. The third-order valence-corrected chi connectivity index (χ3v) is 4.33. The molecular weight excluding hydrogens is 208 g/mol. The second-order valence-electron chi connectivity index (χ2n) is 5.90. The van der Waals surface area contributed by atoms with E-state index in [2.05, 4.69) is 49.6 Å². The van der Waals surface area contributed by atoms with Crippen LogP contribution in [-0.2, 0) is 6.42 Å². The molecule has 1 aliphatic rings. The molecule has 1 heteroatoms. The summed E-state index contributed by atoms with van der Waals surface area (Å²) < 4.78 is 0. The number of hydrogen-bond acceptors (Lipinski definition) is 0. The molecule has 0 aromatic heterocycles. The highest BCUT2D eigenvalue weighted by Gasteiger charge is 2.16. The fraction of sp³-hybridized carbons (Fsp3) is 0.467. The highest BCUT2D eigenvalue weighted by molar-refractivity contribution is 6.81. The lowest BCUT2D eigenvalue weighted by Gasteiger charge is -2.15. The molecule has 0 saturated carbocycles. The largest absolute Gasteiger partial charge is 0.0913 e. The minimum atomic E-state index is -1.10. The van der Waals surface area contributed by atoms with Crippen molar-refractivity contribution >= 4 is 13.6 Å². The molecule has 0 N–H and O–H groups in total. The van der Waals surface area contributed by atoms with Crippen molar-refractivity contribution < 1.29 is 0 Å². The second-order valence-corrected chi connectivity index (χ2v) is 10.9. The van der Waals surface area contributed by atoms with Crippen LogP contribution in [0.2, 0.25) is 19.6 Å². The molecule has 0 aliphatic heterocycles. The Bertz CT molecular complexity index is 396. The van der Waals surface area contributed by atoms with E-state index in [1.165, 1.54) is 31.2 Å². The Morgan fingerprint density at radius 2 is 1.69 bits per heavy atom. The normalized spacial score (nSPS) is 19.3. The molecule has 0 spiro atoms. The van der Waals surface area contributed by atoms with Crippen molar-refractivity contribution in [1.82, 2.24) is 0 Å². The van der Waals surface area contributed by atoms with Gasteiger partial charge in [0, 0.05) is 0 Å². The maximum atomic E-state index is 2.59. The van der Waals surface area contributed by atoms with Crippen LogP contribution in [0.3, 0.4) is 0 Å². The molecule has 0 nitrogen and oxygen atoms in total. The van der Waals surface area contributed by atoms with E-state index in [0.29, 0.717) is 0 Å². The van der Waals surface area contributed by atoms with Crippen molar-refractivity contribution in [3.05, 3.63) is 41.1 Å². The summed E-state index contributed by atoms with van der Waals surface area (Å²) >= 11 is 0. The van der Waals surface area contributed by atoms with Crippen LogP contribution < -0.4 is 0 Å². The Morgan fingerprint density at radius 3 is 2.44 bits per heavy atom. The molecule has 0 unspecified atom stereocenters. The highest BCUT2D eigenvalue weighted by Crippen LogP contribution is 2.30. The van der Waals surface area contributed by atoms with Crippen molar-refractivity contribution in [2.24, 2.45) is 0 Å². The SMILES string of the molecule is C[Si](C)(C)/C=C1\CCCCc2ccccc21. The van der Waals surface area contributed by atoms with E-state index in [0.717, 1.165) is 0 Å². The van der Waals surface area contributed by atoms with Gasteiger partial charge in [-0.3, -0.25) is 0 Å².